The topological polar surface area (TPSA) is 91.4 Å². The van der Waals surface area contributed by atoms with Crippen molar-refractivity contribution < 1.29 is 14.4 Å². The number of nitrogens with zero attached hydrogens (tertiary/aromatic N) is 2. The predicted molar refractivity (Wildman–Crippen MR) is 131 cm³/mol. The minimum Gasteiger partial charge on any atom is -0.352 e. The molecule has 3 amide bonds. The van der Waals surface area contributed by atoms with Crippen molar-refractivity contribution in [1.82, 2.24) is 15.2 Å². The van der Waals surface area contributed by atoms with Crippen molar-refractivity contribution in [1.29, 1.82) is 0 Å². The van der Waals surface area contributed by atoms with Gasteiger partial charge < -0.3 is 15.5 Å². The summed E-state index contributed by atoms with van der Waals surface area (Å²) in [5, 5.41) is 7.90. The molecule has 178 valence electrons. The highest BCUT2D eigenvalue weighted by atomic mass is 32.1. The van der Waals surface area contributed by atoms with Gasteiger partial charge in [0.25, 0.3) is 0 Å². The average Bonchev–Trinajstić information content (AvgIpc) is 3.24. The van der Waals surface area contributed by atoms with Crippen LogP contribution in [0.1, 0.15) is 57.2 Å². The van der Waals surface area contributed by atoms with Crippen LogP contribution in [0.5, 0.6) is 0 Å². The van der Waals surface area contributed by atoms with Crippen molar-refractivity contribution in [3.8, 4) is 0 Å². The zero-order valence-electron chi connectivity index (χ0n) is 19.5. The van der Waals surface area contributed by atoms with Crippen LogP contribution in [0.15, 0.2) is 35.7 Å². The number of thiazole rings is 1. The van der Waals surface area contributed by atoms with E-state index >= 15 is 0 Å². The van der Waals surface area contributed by atoms with Gasteiger partial charge in [0.15, 0.2) is 5.13 Å². The summed E-state index contributed by atoms with van der Waals surface area (Å²) in [7, 11) is 0. The van der Waals surface area contributed by atoms with Gasteiger partial charge in [-0.2, -0.15) is 0 Å². The lowest BCUT2D eigenvalue weighted by Gasteiger charge is -2.30. The fourth-order valence-electron chi connectivity index (χ4n) is 4.08. The number of nitrogens with one attached hydrogen (secondary N) is 2. The van der Waals surface area contributed by atoms with Crippen LogP contribution < -0.4 is 10.6 Å². The number of amides is 3. The molecule has 0 aliphatic heterocycles. The highest BCUT2D eigenvalue weighted by Gasteiger charge is 2.27. The largest absolute Gasteiger partial charge is 0.352 e. The van der Waals surface area contributed by atoms with E-state index in [0.29, 0.717) is 23.9 Å². The Morgan fingerprint density at radius 1 is 1.09 bits per heavy atom. The first-order chi connectivity index (χ1) is 15.9. The second-order valence-corrected chi connectivity index (χ2v) is 9.94. The van der Waals surface area contributed by atoms with Crippen molar-refractivity contribution in [2.24, 2.45) is 11.8 Å². The summed E-state index contributed by atoms with van der Waals surface area (Å²) in [6, 6.07) is 9.71. The molecule has 0 radical (unpaired) electrons. The van der Waals surface area contributed by atoms with Crippen molar-refractivity contribution in [3.63, 3.8) is 0 Å². The second kappa shape index (κ2) is 12.5. The van der Waals surface area contributed by atoms with E-state index in [1.54, 1.807) is 10.3 Å². The van der Waals surface area contributed by atoms with Gasteiger partial charge in [-0.3, -0.25) is 14.4 Å². The predicted octanol–water partition coefficient (Wildman–Crippen LogP) is 4.01. The quantitative estimate of drug-likeness (QED) is 0.549. The normalized spacial score (nSPS) is 14.2. The molecule has 1 fully saturated rings. The Balaban J connectivity index is 1.49. The van der Waals surface area contributed by atoms with Crippen LogP contribution in [-0.2, 0) is 27.3 Å². The Bertz CT molecular complexity index is 923. The van der Waals surface area contributed by atoms with Gasteiger partial charge in [-0.25, -0.2) is 4.98 Å². The number of hydrogen-bond acceptors (Lipinski definition) is 5. The lowest BCUT2D eigenvalue weighted by atomic mass is 9.88. The molecule has 0 unspecified atom stereocenters. The zero-order chi connectivity index (χ0) is 23.6. The van der Waals surface area contributed by atoms with E-state index in [2.05, 4.69) is 29.5 Å². The molecule has 33 heavy (non-hydrogen) atoms. The summed E-state index contributed by atoms with van der Waals surface area (Å²) in [4.78, 5) is 43.9. The molecule has 0 spiro atoms. The third kappa shape index (κ3) is 8.28. The van der Waals surface area contributed by atoms with Crippen LogP contribution in [0.4, 0.5) is 5.13 Å². The molecule has 0 saturated heterocycles. The smallest absolute Gasteiger partial charge is 0.245 e. The Morgan fingerprint density at radius 2 is 1.82 bits per heavy atom. The highest BCUT2D eigenvalue weighted by molar-refractivity contribution is 7.13. The third-order valence-electron chi connectivity index (χ3n) is 5.66. The van der Waals surface area contributed by atoms with E-state index in [0.717, 1.165) is 31.2 Å². The fourth-order valence-corrected chi connectivity index (χ4v) is 4.81. The van der Waals surface area contributed by atoms with Crippen LogP contribution in [0.2, 0.25) is 0 Å². The molecule has 1 aromatic carbocycles. The first-order valence-corrected chi connectivity index (χ1v) is 12.6. The summed E-state index contributed by atoms with van der Waals surface area (Å²) in [6.07, 6.45) is 5.33. The number of benzene rings is 1. The molecule has 1 aromatic heterocycles. The summed E-state index contributed by atoms with van der Waals surface area (Å²) >= 11 is 1.29. The number of anilines is 1. The highest BCUT2D eigenvalue weighted by Crippen LogP contribution is 2.26. The van der Waals surface area contributed by atoms with E-state index in [1.807, 2.05) is 30.3 Å². The van der Waals surface area contributed by atoms with E-state index in [9.17, 15) is 14.4 Å². The van der Waals surface area contributed by atoms with Crippen LogP contribution in [0, 0.1) is 11.8 Å². The number of hydrogen-bond donors (Lipinski definition) is 2. The Labute approximate surface area is 200 Å². The monoisotopic (exact) mass is 470 g/mol. The van der Waals surface area contributed by atoms with E-state index in [1.165, 1.54) is 17.8 Å². The molecule has 8 heteroatoms. The number of aromatic nitrogens is 1. The van der Waals surface area contributed by atoms with Crippen LogP contribution in [0.3, 0.4) is 0 Å². The minimum absolute atomic E-state index is 0.0278. The number of carbonyl (C=O) groups excluding carboxylic acids is 3. The lowest BCUT2D eigenvalue weighted by molar-refractivity contribution is -0.139. The summed E-state index contributed by atoms with van der Waals surface area (Å²) in [5.74, 6) is 0.0308. The van der Waals surface area contributed by atoms with Crippen LogP contribution >= 0.6 is 11.3 Å². The Kier molecular flexibility index (Phi) is 9.42. The van der Waals surface area contributed by atoms with E-state index in [4.69, 9.17) is 0 Å². The molecule has 2 aromatic rings. The van der Waals surface area contributed by atoms with Crippen LogP contribution in [-0.4, -0.2) is 40.7 Å². The lowest BCUT2D eigenvalue weighted by Crippen LogP contribution is -2.43. The maximum Gasteiger partial charge on any atom is 0.245 e. The maximum atomic E-state index is 13.0. The van der Waals surface area contributed by atoms with E-state index in [-0.39, 0.29) is 42.5 Å². The summed E-state index contributed by atoms with van der Waals surface area (Å²) in [5.41, 5.74) is 1.64. The molecule has 7 nitrogen and oxygen atoms in total. The van der Waals surface area contributed by atoms with Gasteiger partial charge in [-0.15, -0.1) is 11.3 Å². The summed E-state index contributed by atoms with van der Waals surface area (Å²) in [6.45, 7) is 5.16. The molecular formula is C25H34N4O3S. The number of rotatable bonds is 10. The molecule has 1 aliphatic rings. The van der Waals surface area contributed by atoms with Gasteiger partial charge >= 0.3 is 0 Å². The maximum absolute atomic E-state index is 13.0. The van der Waals surface area contributed by atoms with Crippen molar-refractivity contribution in [3.05, 3.63) is 47.0 Å². The Morgan fingerprint density at radius 3 is 2.52 bits per heavy atom. The van der Waals surface area contributed by atoms with Crippen molar-refractivity contribution in [2.45, 2.75) is 58.9 Å². The van der Waals surface area contributed by atoms with Gasteiger partial charge in [-0.05, 0) is 24.3 Å². The van der Waals surface area contributed by atoms with Crippen molar-refractivity contribution >= 4 is 34.2 Å². The van der Waals surface area contributed by atoms with Gasteiger partial charge in [0.2, 0.25) is 17.7 Å². The molecule has 0 atom stereocenters. The minimum atomic E-state index is -0.255. The fraction of sp³-hybridized carbons (Fsp3) is 0.520. The second-order valence-electron chi connectivity index (χ2n) is 9.08. The Hall–Kier alpha value is -2.74. The number of carbonyl (C=O) groups is 3. The van der Waals surface area contributed by atoms with Gasteiger partial charge in [0.05, 0.1) is 18.7 Å². The van der Waals surface area contributed by atoms with Gasteiger partial charge in [0.1, 0.15) is 0 Å². The third-order valence-corrected chi connectivity index (χ3v) is 6.46. The first kappa shape index (κ1) is 24.9. The van der Waals surface area contributed by atoms with E-state index < -0.39 is 0 Å². The standard InChI is InChI=1S/C25H34N4O3S/c1-18(2)15-29(24(32)20-11-7-4-8-12-20)16-23(31)28-25-27-21(17-33-25)13-22(30)26-14-19-9-5-3-6-10-19/h3,5-6,9-10,17-18,20H,4,7-8,11-16H2,1-2H3,(H,26,30)(H,27,28,31). The van der Waals surface area contributed by atoms with Gasteiger partial charge in [-0.1, -0.05) is 63.4 Å². The van der Waals surface area contributed by atoms with Gasteiger partial charge in [0, 0.05) is 24.4 Å². The molecule has 1 aliphatic carbocycles. The molecule has 1 saturated carbocycles. The molecule has 0 bridgehead atoms. The molecule has 1 heterocycles. The first-order valence-electron chi connectivity index (χ1n) is 11.7. The summed E-state index contributed by atoms with van der Waals surface area (Å²) < 4.78 is 0. The van der Waals surface area contributed by atoms with Crippen molar-refractivity contribution in [2.75, 3.05) is 18.4 Å². The molecule has 2 N–H and O–H groups in total. The zero-order valence-corrected chi connectivity index (χ0v) is 20.3. The van der Waals surface area contributed by atoms with Crippen LogP contribution in [0.25, 0.3) is 0 Å². The average molecular weight is 471 g/mol. The molecule has 3 rings (SSSR count). The molecular weight excluding hydrogens is 436 g/mol. The SMILES string of the molecule is CC(C)CN(CC(=O)Nc1nc(CC(=O)NCc2ccccc2)cs1)C(=O)C1CCCCC1.